The molecule has 8 nitrogen and oxygen atoms in total. The summed E-state index contributed by atoms with van der Waals surface area (Å²) < 4.78 is 16.6. The van der Waals surface area contributed by atoms with Gasteiger partial charge in [-0.25, -0.2) is 0 Å². The standard InChI is InChI=1S/C23H22N2O6/c26-21(18-14-15-4-1-2-5-16(15)31-18)19-20(17-6-3-11-30-17)25(23(28)22(19)27)8-7-24-9-12-29-13-10-24/h1-6,11,14,20,27H,7-10,12-13H2. The van der Waals surface area contributed by atoms with E-state index in [0.29, 0.717) is 37.6 Å². The average Bonchev–Trinajstić information content (AvgIpc) is 3.52. The van der Waals surface area contributed by atoms with Crippen molar-refractivity contribution >= 4 is 22.7 Å². The minimum Gasteiger partial charge on any atom is -0.503 e. The van der Waals surface area contributed by atoms with Crippen LogP contribution in [0.25, 0.3) is 11.0 Å². The van der Waals surface area contributed by atoms with Crippen LogP contribution in [-0.2, 0) is 9.53 Å². The van der Waals surface area contributed by atoms with Crippen LogP contribution in [0.15, 0.2) is 68.9 Å². The van der Waals surface area contributed by atoms with Crippen LogP contribution in [0.2, 0.25) is 0 Å². The van der Waals surface area contributed by atoms with Crippen molar-refractivity contribution in [3.63, 3.8) is 0 Å². The Labute approximate surface area is 178 Å². The van der Waals surface area contributed by atoms with E-state index in [9.17, 15) is 14.7 Å². The van der Waals surface area contributed by atoms with E-state index >= 15 is 0 Å². The summed E-state index contributed by atoms with van der Waals surface area (Å²) in [5, 5.41) is 11.5. The number of ketones is 1. The molecule has 31 heavy (non-hydrogen) atoms. The highest BCUT2D eigenvalue weighted by atomic mass is 16.5. The van der Waals surface area contributed by atoms with Crippen molar-refractivity contribution in [2.24, 2.45) is 0 Å². The van der Waals surface area contributed by atoms with Gasteiger partial charge < -0.3 is 23.6 Å². The van der Waals surface area contributed by atoms with E-state index in [1.807, 2.05) is 18.2 Å². The number of nitrogens with zero attached hydrogens (tertiary/aromatic N) is 2. The van der Waals surface area contributed by atoms with E-state index in [0.717, 1.165) is 18.5 Å². The average molecular weight is 422 g/mol. The molecule has 1 N–H and O–H groups in total. The van der Waals surface area contributed by atoms with Gasteiger partial charge in [0.05, 0.1) is 25.1 Å². The molecule has 2 aliphatic heterocycles. The first-order chi connectivity index (χ1) is 15.1. The maximum Gasteiger partial charge on any atom is 0.290 e. The number of furan rings is 2. The van der Waals surface area contributed by atoms with Crippen molar-refractivity contribution in [3.8, 4) is 0 Å². The number of Topliss-reactive ketones (excluding diaryl/α,β-unsaturated/α-hetero) is 1. The van der Waals surface area contributed by atoms with Crippen LogP contribution >= 0.6 is 0 Å². The number of benzene rings is 1. The summed E-state index contributed by atoms with van der Waals surface area (Å²) in [4.78, 5) is 30.0. The smallest absolute Gasteiger partial charge is 0.290 e. The first-order valence-corrected chi connectivity index (χ1v) is 10.2. The molecule has 5 rings (SSSR count). The molecule has 0 spiro atoms. The summed E-state index contributed by atoms with van der Waals surface area (Å²) in [5.41, 5.74) is 0.537. The summed E-state index contributed by atoms with van der Waals surface area (Å²) in [6.45, 7) is 3.79. The molecular formula is C23H22N2O6. The predicted molar refractivity (Wildman–Crippen MR) is 111 cm³/mol. The zero-order chi connectivity index (χ0) is 21.4. The molecular weight excluding hydrogens is 400 g/mol. The molecule has 1 atom stereocenters. The molecule has 2 aliphatic rings. The lowest BCUT2D eigenvalue weighted by Gasteiger charge is -2.30. The number of hydrogen-bond acceptors (Lipinski definition) is 7. The van der Waals surface area contributed by atoms with Gasteiger partial charge in [-0.3, -0.25) is 14.5 Å². The Hall–Kier alpha value is -3.36. The molecule has 1 aromatic carbocycles. The number of rotatable bonds is 6. The molecule has 160 valence electrons. The van der Waals surface area contributed by atoms with Crippen molar-refractivity contribution in [1.29, 1.82) is 0 Å². The molecule has 2 aromatic heterocycles. The largest absolute Gasteiger partial charge is 0.503 e. The van der Waals surface area contributed by atoms with Crippen molar-refractivity contribution in [3.05, 3.63) is 71.6 Å². The van der Waals surface area contributed by atoms with Crippen LogP contribution in [-0.4, -0.2) is 66.0 Å². The number of carbonyl (C=O) groups is 2. The van der Waals surface area contributed by atoms with Crippen LogP contribution in [0, 0.1) is 0 Å². The van der Waals surface area contributed by atoms with Gasteiger partial charge in [-0.1, -0.05) is 18.2 Å². The summed E-state index contributed by atoms with van der Waals surface area (Å²) in [6, 6.07) is 11.5. The van der Waals surface area contributed by atoms with Gasteiger partial charge in [0.1, 0.15) is 17.4 Å². The van der Waals surface area contributed by atoms with E-state index < -0.39 is 23.5 Å². The number of para-hydroxylation sites is 1. The summed E-state index contributed by atoms with van der Waals surface area (Å²) in [7, 11) is 0. The zero-order valence-electron chi connectivity index (χ0n) is 16.8. The lowest BCUT2D eigenvalue weighted by Crippen LogP contribution is -2.43. The molecule has 1 unspecified atom stereocenters. The van der Waals surface area contributed by atoms with Gasteiger partial charge in [-0.15, -0.1) is 0 Å². The maximum absolute atomic E-state index is 13.4. The highest BCUT2D eigenvalue weighted by Gasteiger charge is 2.45. The molecule has 8 heteroatoms. The van der Waals surface area contributed by atoms with E-state index in [4.69, 9.17) is 13.6 Å². The van der Waals surface area contributed by atoms with Crippen molar-refractivity contribution in [1.82, 2.24) is 9.80 Å². The van der Waals surface area contributed by atoms with E-state index in [2.05, 4.69) is 4.90 Å². The maximum atomic E-state index is 13.4. The summed E-state index contributed by atoms with van der Waals surface area (Å²) in [6.07, 6.45) is 1.48. The fraction of sp³-hybridized carbons (Fsp3) is 0.304. The minimum absolute atomic E-state index is 0.0269. The number of ether oxygens (including phenoxy) is 1. The number of amides is 1. The van der Waals surface area contributed by atoms with Crippen molar-refractivity contribution < 1.29 is 28.3 Å². The zero-order valence-corrected chi connectivity index (χ0v) is 16.8. The second-order valence-corrected chi connectivity index (χ2v) is 7.61. The number of hydrogen-bond donors (Lipinski definition) is 1. The highest BCUT2D eigenvalue weighted by molar-refractivity contribution is 6.15. The molecule has 1 fully saturated rings. The Bertz CT molecular complexity index is 1110. The fourth-order valence-corrected chi connectivity index (χ4v) is 4.16. The van der Waals surface area contributed by atoms with Crippen LogP contribution in [0.5, 0.6) is 0 Å². The molecule has 0 aliphatic carbocycles. The van der Waals surface area contributed by atoms with Gasteiger partial charge in [0.2, 0.25) is 5.78 Å². The molecule has 0 saturated carbocycles. The molecule has 3 aromatic rings. The Morgan fingerprint density at radius 1 is 1.10 bits per heavy atom. The summed E-state index contributed by atoms with van der Waals surface area (Å²) >= 11 is 0. The van der Waals surface area contributed by atoms with Gasteiger partial charge in [0, 0.05) is 31.6 Å². The second kappa shape index (κ2) is 8.05. The van der Waals surface area contributed by atoms with Crippen LogP contribution < -0.4 is 0 Å². The Morgan fingerprint density at radius 3 is 2.65 bits per heavy atom. The third-order valence-electron chi connectivity index (χ3n) is 5.77. The number of fused-ring (bicyclic) bond motifs is 1. The Morgan fingerprint density at radius 2 is 1.90 bits per heavy atom. The van der Waals surface area contributed by atoms with Crippen LogP contribution in [0.1, 0.15) is 22.4 Å². The molecule has 1 saturated heterocycles. The van der Waals surface area contributed by atoms with Gasteiger partial charge in [-0.05, 0) is 24.3 Å². The minimum atomic E-state index is -0.816. The lowest BCUT2D eigenvalue weighted by atomic mass is 9.99. The molecule has 1 amide bonds. The van der Waals surface area contributed by atoms with E-state index in [1.165, 1.54) is 11.2 Å². The first-order valence-electron chi connectivity index (χ1n) is 10.2. The van der Waals surface area contributed by atoms with E-state index in [-0.39, 0.29) is 11.3 Å². The molecule has 4 heterocycles. The lowest BCUT2D eigenvalue weighted by molar-refractivity contribution is -0.130. The van der Waals surface area contributed by atoms with Gasteiger partial charge in [0.25, 0.3) is 5.91 Å². The highest BCUT2D eigenvalue weighted by Crippen LogP contribution is 2.39. The Kier molecular flexibility index (Phi) is 5.09. The van der Waals surface area contributed by atoms with Gasteiger partial charge >= 0.3 is 0 Å². The Balaban J connectivity index is 1.47. The molecule has 0 bridgehead atoms. The quantitative estimate of drug-likeness (QED) is 0.610. The van der Waals surface area contributed by atoms with Gasteiger partial charge in [-0.2, -0.15) is 0 Å². The summed E-state index contributed by atoms with van der Waals surface area (Å²) in [5.74, 6) is -1.19. The normalized spacial score (nSPS) is 20.2. The topological polar surface area (TPSA) is 96.4 Å². The monoisotopic (exact) mass is 422 g/mol. The first kappa shape index (κ1) is 19.6. The number of morpholine rings is 1. The van der Waals surface area contributed by atoms with Crippen LogP contribution in [0.4, 0.5) is 0 Å². The van der Waals surface area contributed by atoms with E-state index in [1.54, 1.807) is 24.3 Å². The predicted octanol–water partition coefficient (Wildman–Crippen LogP) is 2.94. The van der Waals surface area contributed by atoms with Crippen LogP contribution in [0.3, 0.4) is 0 Å². The van der Waals surface area contributed by atoms with Crippen molar-refractivity contribution in [2.45, 2.75) is 6.04 Å². The van der Waals surface area contributed by atoms with Crippen molar-refractivity contribution in [2.75, 3.05) is 39.4 Å². The fourth-order valence-electron chi connectivity index (χ4n) is 4.16. The third-order valence-corrected chi connectivity index (χ3v) is 5.77. The molecule has 0 radical (unpaired) electrons. The number of carbonyl (C=O) groups excluding carboxylic acids is 2. The SMILES string of the molecule is O=C(C1=C(O)C(=O)N(CCN2CCOCC2)C1c1ccco1)c1cc2ccccc2o1. The van der Waals surface area contributed by atoms with Gasteiger partial charge in [0.15, 0.2) is 11.5 Å². The number of aliphatic hydroxyl groups excluding tert-OH is 1. The second-order valence-electron chi connectivity index (χ2n) is 7.61. The number of aliphatic hydroxyl groups is 1. The third kappa shape index (κ3) is 3.54.